The van der Waals surface area contributed by atoms with Crippen molar-refractivity contribution < 1.29 is 0 Å². The lowest BCUT2D eigenvalue weighted by Crippen LogP contribution is -2.37. The first-order valence-electron chi connectivity index (χ1n) is 5.16. The van der Waals surface area contributed by atoms with Crippen molar-refractivity contribution in [2.24, 2.45) is 5.92 Å². The monoisotopic (exact) mass is 194 g/mol. The molecule has 1 aromatic rings. The van der Waals surface area contributed by atoms with Gasteiger partial charge in [-0.1, -0.05) is 0 Å². The van der Waals surface area contributed by atoms with Crippen LogP contribution in [-0.2, 0) is 5.41 Å². The van der Waals surface area contributed by atoms with Gasteiger partial charge in [0, 0.05) is 5.41 Å². The molecule has 0 aromatic carbocycles. The fraction of sp³-hybridized carbons (Fsp3) is 0.800. The number of nitrogens with zero attached hydrogens (tertiary/aromatic N) is 2. The quantitative estimate of drug-likeness (QED) is 0.687. The number of hydrogen-bond acceptors (Lipinski definition) is 3. The highest BCUT2D eigenvalue weighted by molar-refractivity contribution is 7.09. The molecule has 3 saturated carbocycles. The molecule has 0 unspecified atom stereocenters. The predicted molar refractivity (Wildman–Crippen MR) is 52.8 cm³/mol. The Kier molecular flexibility index (Phi) is 1.69. The fourth-order valence-corrected chi connectivity index (χ4v) is 3.82. The van der Waals surface area contributed by atoms with Crippen LogP contribution < -0.4 is 0 Å². The summed E-state index contributed by atoms with van der Waals surface area (Å²) in [5.41, 5.74) is 2.33. The van der Waals surface area contributed by atoms with Crippen LogP contribution in [0.4, 0.5) is 0 Å². The van der Waals surface area contributed by atoms with E-state index < -0.39 is 0 Å². The molecule has 2 bridgehead atoms. The highest BCUT2D eigenvalue weighted by Gasteiger charge is 2.43. The molecule has 0 radical (unpaired) electrons. The molecule has 1 heterocycles. The van der Waals surface area contributed by atoms with Crippen LogP contribution in [0.5, 0.6) is 0 Å². The minimum atomic E-state index is 0.454. The summed E-state index contributed by atoms with van der Waals surface area (Å²) < 4.78 is 0. The number of rotatable bonds is 1. The predicted octanol–water partition coefficient (Wildman–Crippen LogP) is 2.76. The fourth-order valence-electron chi connectivity index (χ4n) is 2.97. The van der Waals surface area contributed by atoms with Crippen molar-refractivity contribution in [1.29, 1.82) is 0 Å². The molecular formula is C10H14N2S. The number of aromatic nitrogens is 2. The third-order valence-corrected chi connectivity index (χ3v) is 4.84. The Labute approximate surface area is 82.4 Å². The second-order valence-electron chi connectivity index (χ2n) is 4.51. The van der Waals surface area contributed by atoms with Gasteiger partial charge in [0.2, 0.25) is 0 Å². The average molecular weight is 194 g/mol. The van der Waals surface area contributed by atoms with E-state index in [-0.39, 0.29) is 0 Å². The van der Waals surface area contributed by atoms with Crippen molar-refractivity contribution in [1.82, 2.24) is 10.2 Å². The molecule has 0 aliphatic heterocycles. The summed E-state index contributed by atoms with van der Waals surface area (Å²) in [6, 6.07) is 0. The minimum absolute atomic E-state index is 0.454. The first-order chi connectivity index (χ1) is 6.39. The summed E-state index contributed by atoms with van der Waals surface area (Å²) in [4.78, 5) is 0. The Hall–Kier alpha value is -0.440. The molecule has 3 aliphatic carbocycles. The lowest BCUT2D eigenvalue weighted by atomic mass is 9.61. The molecule has 4 rings (SSSR count). The Morgan fingerprint density at radius 1 is 1.23 bits per heavy atom. The van der Waals surface area contributed by atoms with Crippen molar-refractivity contribution in [3.05, 3.63) is 10.5 Å². The molecule has 13 heavy (non-hydrogen) atoms. The van der Waals surface area contributed by atoms with Gasteiger partial charge < -0.3 is 0 Å². The van der Waals surface area contributed by atoms with E-state index in [1.165, 1.54) is 43.5 Å². The van der Waals surface area contributed by atoms with Gasteiger partial charge in [-0.3, -0.25) is 0 Å². The van der Waals surface area contributed by atoms with Gasteiger partial charge in [0.1, 0.15) is 10.5 Å². The summed E-state index contributed by atoms with van der Waals surface area (Å²) >= 11 is 1.76. The Morgan fingerprint density at radius 2 is 1.92 bits per heavy atom. The Balaban J connectivity index is 1.95. The largest absolute Gasteiger partial charge is 0.147 e. The second-order valence-corrected chi connectivity index (χ2v) is 5.34. The molecule has 3 aliphatic rings. The summed E-state index contributed by atoms with van der Waals surface area (Å²) in [7, 11) is 0. The van der Waals surface area contributed by atoms with Crippen LogP contribution in [0.25, 0.3) is 0 Å². The maximum atomic E-state index is 4.28. The zero-order valence-corrected chi connectivity index (χ0v) is 8.52. The first kappa shape index (κ1) is 7.92. The van der Waals surface area contributed by atoms with Crippen LogP contribution in [0, 0.1) is 5.92 Å². The van der Waals surface area contributed by atoms with Gasteiger partial charge in [-0.05, 0) is 44.4 Å². The van der Waals surface area contributed by atoms with Gasteiger partial charge in [0.25, 0.3) is 0 Å². The molecule has 0 saturated heterocycles. The summed E-state index contributed by atoms with van der Waals surface area (Å²) in [6.45, 7) is 0. The van der Waals surface area contributed by atoms with Crippen LogP contribution in [0.3, 0.4) is 0 Å². The van der Waals surface area contributed by atoms with E-state index in [2.05, 4.69) is 10.2 Å². The standard InChI is InChI=1S/C10H14N2S/c1-4-10(9-12-11-7-13-9)5-2-8(1)3-6-10/h7-8H,1-6H2. The summed E-state index contributed by atoms with van der Waals surface area (Å²) in [5.74, 6) is 1.04. The van der Waals surface area contributed by atoms with E-state index in [0.717, 1.165) is 5.92 Å². The van der Waals surface area contributed by atoms with E-state index in [4.69, 9.17) is 0 Å². The van der Waals surface area contributed by atoms with Crippen molar-refractivity contribution in [3.63, 3.8) is 0 Å². The van der Waals surface area contributed by atoms with E-state index in [1.807, 2.05) is 5.51 Å². The van der Waals surface area contributed by atoms with Crippen LogP contribution in [-0.4, -0.2) is 10.2 Å². The lowest BCUT2D eigenvalue weighted by Gasteiger charge is -2.44. The zero-order valence-electron chi connectivity index (χ0n) is 7.70. The number of fused-ring (bicyclic) bond motifs is 3. The molecule has 0 N–H and O–H groups in total. The normalized spacial score (nSPS) is 38.0. The topological polar surface area (TPSA) is 25.8 Å². The Bertz CT molecular complexity index is 272. The van der Waals surface area contributed by atoms with Crippen molar-refractivity contribution >= 4 is 11.3 Å². The van der Waals surface area contributed by atoms with Gasteiger partial charge >= 0.3 is 0 Å². The molecule has 0 amide bonds. The highest BCUT2D eigenvalue weighted by Crippen LogP contribution is 2.51. The third-order valence-electron chi connectivity index (χ3n) is 3.91. The van der Waals surface area contributed by atoms with Gasteiger partial charge in [0.05, 0.1) is 0 Å². The SMILES string of the molecule is c1nnc(C23CCC(CC2)CC3)s1. The average Bonchev–Trinajstić information content (AvgIpc) is 2.74. The summed E-state index contributed by atoms with van der Waals surface area (Å²) in [6.07, 6.45) is 8.39. The molecular weight excluding hydrogens is 180 g/mol. The zero-order chi connectivity index (χ0) is 8.73. The molecule has 70 valence electrons. The maximum absolute atomic E-state index is 4.28. The molecule has 3 fully saturated rings. The third kappa shape index (κ3) is 1.13. The van der Waals surface area contributed by atoms with E-state index >= 15 is 0 Å². The molecule has 0 spiro atoms. The van der Waals surface area contributed by atoms with Crippen molar-refractivity contribution in [3.8, 4) is 0 Å². The summed E-state index contributed by atoms with van der Waals surface area (Å²) in [5, 5.41) is 9.56. The molecule has 3 heteroatoms. The van der Waals surface area contributed by atoms with Crippen LogP contribution >= 0.6 is 11.3 Å². The van der Waals surface area contributed by atoms with Gasteiger partial charge in [0.15, 0.2) is 0 Å². The molecule has 2 nitrogen and oxygen atoms in total. The van der Waals surface area contributed by atoms with Crippen LogP contribution in [0.15, 0.2) is 5.51 Å². The second kappa shape index (κ2) is 2.77. The van der Waals surface area contributed by atoms with Crippen LogP contribution in [0.2, 0.25) is 0 Å². The van der Waals surface area contributed by atoms with E-state index in [1.54, 1.807) is 11.3 Å². The molecule has 0 atom stereocenters. The van der Waals surface area contributed by atoms with Crippen molar-refractivity contribution in [2.45, 2.75) is 43.9 Å². The highest BCUT2D eigenvalue weighted by atomic mass is 32.1. The Morgan fingerprint density at radius 3 is 2.46 bits per heavy atom. The first-order valence-corrected chi connectivity index (χ1v) is 6.04. The van der Waals surface area contributed by atoms with Crippen LogP contribution in [0.1, 0.15) is 43.5 Å². The smallest absolute Gasteiger partial charge is 0.123 e. The van der Waals surface area contributed by atoms with Gasteiger partial charge in [-0.25, -0.2) is 0 Å². The molecule has 1 aromatic heterocycles. The van der Waals surface area contributed by atoms with Gasteiger partial charge in [-0.15, -0.1) is 21.5 Å². The van der Waals surface area contributed by atoms with Crippen molar-refractivity contribution in [2.75, 3.05) is 0 Å². The van der Waals surface area contributed by atoms with Gasteiger partial charge in [-0.2, -0.15) is 0 Å². The van der Waals surface area contributed by atoms with E-state index in [0.29, 0.717) is 5.41 Å². The maximum Gasteiger partial charge on any atom is 0.123 e. The van der Waals surface area contributed by atoms with E-state index in [9.17, 15) is 0 Å². The lowest BCUT2D eigenvalue weighted by molar-refractivity contribution is 0.135. The minimum Gasteiger partial charge on any atom is -0.147 e. The number of hydrogen-bond donors (Lipinski definition) is 0.